The summed E-state index contributed by atoms with van der Waals surface area (Å²) in [4.78, 5) is 0. The van der Waals surface area contributed by atoms with Crippen LogP contribution in [0.15, 0.2) is 522 Å². The fourth-order valence-corrected chi connectivity index (χ4v) is 20.3. The molecule has 0 aliphatic carbocycles. The zero-order valence-electron chi connectivity index (χ0n) is 81.8. The number of aryl methyl sites for hydroxylation is 9. The average molecular weight is 1830 g/mol. The van der Waals surface area contributed by atoms with Crippen LogP contribution in [0, 0.1) is 48.5 Å². The number of benzene rings is 21. The summed E-state index contributed by atoms with van der Waals surface area (Å²) in [6.07, 6.45) is 0. The summed E-state index contributed by atoms with van der Waals surface area (Å²) in [5.41, 5.74) is 33.2. The van der Waals surface area contributed by atoms with Gasteiger partial charge in [0.1, 0.15) is 0 Å². The Morgan fingerprint density at radius 1 is 0.127 bits per heavy atom. The van der Waals surface area contributed by atoms with E-state index in [4.69, 9.17) is 0 Å². The summed E-state index contributed by atoms with van der Waals surface area (Å²) in [6.45, 7) is 15.0. The molecule has 0 radical (unpaired) electrons. The van der Waals surface area contributed by atoms with Crippen LogP contribution in [0.25, 0.3) is 181 Å². The molecule has 0 saturated carbocycles. The Morgan fingerprint density at radius 3 is 0.697 bits per heavy atom. The Kier molecular flexibility index (Phi) is 27.2. The molecular weight excluding hydrogens is 1720 g/mol. The molecule has 0 atom stereocenters. The van der Waals surface area contributed by atoms with Crippen molar-refractivity contribution >= 4 is 153 Å². The maximum atomic E-state index is 2.36. The number of fused-ring (bicyclic) bond motifs is 21. The fourth-order valence-electron chi connectivity index (χ4n) is 20.3. The number of para-hydroxylation sites is 16. The molecule has 7 heteroatoms. The largest absolute Gasteiger partial charge is 0.344 e. The second kappa shape index (κ2) is 42.0. The zero-order valence-corrected chi connectivity index (χ0v) is 81.8. The van der Waals surface area contributed by atoms with Crippen molar-refractivity contribution in [1.82, 2.24) is 32.0 Å². The van der Waals surface area contributed by atoms with Crippen LogP contribution in [0.3, 0.4) is 0 Å². The lowest BCUT2D eigenvalue weighted by molar-refractivity contribution is 1.01. The minimum Gasteiger partial charge on any atom is -0.344 e. The van der Waals surface area contributed by atoms with Gasteiger partial charge in [-0.15, -0.1) is 0 Å². The highest BCUT2D eigenvalue weighted by atomic mass is 15.0. The van der Waals surface area contributed by atoms with Crippen LogP contribution in [-0.2, 0) is 14.1 Å². The predicted octanol–water partition coefficient (Wildman–Crippen LogP) is 36.1. The van der Waals surface area contributed by atoms with E-state index in [1.807, 2.05) is 36.4 Å². The third-order valence-corrected chi connectivity index (χ3v) is 27.0. The highest BCUT2D eigenvalue weighted by Gasteiger charge is 2.19. The molecule has 0 bridgehead atoms. The molecule has 0 N–H and O–H groups in total. The second-order valence-electron chi connectivity index (χ2n) is 36.4. The molecule has 0 fully saturated rings. The van der Waals surface area contributed by atoms with E-state index in [2.05, 4.69) is 580 Å². The van der Waals surface area contributed by atoms with Crippen LogP contribution >= 0.6 is 0 Å². The van der Waals surface area contributed by atoms with Gasteiger partial charge in [0.05, 0.1) is 55.2 Å². The Hall–Kier alpha value is -17.8. The monoisotopic (exact) mass is 1830 g/mol. The SMILES string of the molecule is Cc1ccc2c(c1)c1ccccc1n2-c1ccccc1.Cc1ccc2c3ccccc3n(-c3ccccc3)c2c1.Cc1cccc2c1c1ccccc1n2-c1ccccc1.Cc1cccc2c3ccccc3n(-c3ccccc3)c12.Cc1cccc2c3ccccc3n(-c3ccccc3)c12.Cc1ccccc1.Cc1ccccc1.Cn1c2ccccc2c2ccccc21.Cn1c2ccccc2c2ccccc21. The summed E-state index contributed by atoms with van der Waals surface area (Å²) < 4.78 is 16.2. The maximum absolute atomic E-state index is 2.36. The van der Waals surface area contributed by atoms with E-state index in [1.165, 1.54) is 220 Å². The number of hydrogen-bond donors (Lipinski definition) is 0. The molecule has 0 spiro atoms. The first-order chi connectivity index (χ1) is 69.8. The molecule has 688 valence electrons. The quantitative estimate of drug-likeness (QED) is 0.165. The summed E-state index contributed by atoms with van der Waals surface area (Å²) in [5, 5.41) is 18.6. The standard InChI is InChI=1S/5C19H15N.2C13H11N.2C7H8/c2*1-14-8-7-12-17-16-11-5-6-13-18(16)20(19(14)17)15-9-3-2-4-10-15;1-14-8-7-13-18-19(14)16-11-5-6-12-17(16)20(18)15-9-3-2-4-10-15;1-14-11-12-19-17(13-14)16-9-5-6-10-18(16)20(19)15-7-3-2-4-8-15;1-14-11-12-17-16-9-5-6-10-18(16)20(19(17)13-14)15-7-3-2-4-8-15;2*1-14-12-8-4-2-6-10(12)11-7-3-5-9-13(11)14;2*1-7-5-3-2-4-6-7/h5*2-13H,1H3;2*2-9H,1H3;2*2-6H,1H3. The van der Waals surface area contributed by atoms with Crippen LogP contribution in [0.1, 0.15) is 38.9 Å². The number of hydrogen-bond acceptors (Lipinski definition) is 0. The van der Waals surface area contributed by atoms with Gasteiger partial charge in [0.15, 0.2) is 0 Å². The van der Waals surface area contributed by atoms with E-state index in [-0.39, 0.29) is 0 Å². The highest BCUT2D eigenvalue weighted by Crippen LogP contribution is 2.40. The average Bonchev–Trinajstić information content (AvgIpc) is 1.60. The molecule has 0 unspecified atom stereocenters. The lowest BCUT2D eigenvalue weighted by atomic mass is 10.1. The number of rotatable bonds is 5. The van der Waals surface area contributed by atoms with Crippen molar-refractivity contribution in [2.24, 2.45) is 14.1 Å². The van der Waals surface area contributed by atoms with Gasteiger partial charge in [-0.1, -0.05) is 399 Å². The summed E-state index contributed by atoms with van der Waals surface area (Å²) in [6, 6.07) is 183. The van der Waals surface area contributed by atoms with Crippen LogP contribution in [-0.4, -0.2) is 32.0 Å². The first-order valence-electron chi connectivity index (χ1n) is 48.9. The maximum Gasteiger partial charge on any atom is 0.0570 e. The summed E-state index contributed by atoms with van der Waals surface area (Å²) in [5.74, 6) is 0. The molecule has 0 aliphatic heterocycles. The van der Waals surface area contributed by atoms with Crippen LogP contribution < -0.4 is 0 Å². The number of aromatic nitrogens is 7. The van der Waals surface area contributed by atoms with E-state index < -0.39 is 0 Å². The lowest BCUT2D eigenvalue weighted by Gasteiger charge is -2.08. The van der Waals surface area contributed by atoms with Crippen LogP contribution in [0.2, 0.25) is 0 Å². The van der Waals surface area contributed by atoms with E-state index in [0.29, 0.717) is 0 Å². The van der Waals surface area contributed by atoms with E-state index in [1.54, 1.807) is 0 Å². The van der Waals surface area contributed by atoms with Crippen LogP contribution in [0.4, 0.5) is 0 Å². The molecule has 142 heavy (non-hydrogen) atoms. The van der Waals surface area contributed by atoms with Gasteiger partial charge in [-0.25, -0.2) is 0 Å². The normalized spacial score (nSPS) is 11.0. The first kappa shape index (κ1) is 91.9. The van der Waals surface area contributed by atoms with Gasteiger partial charge in [0.25, 0.3) is 0 Å². The third-order valence-electron chi connectivity index (χ3n) is 27.0. The minimum atomic E-state index is 1.21. The Labute approximate surface area is 830 Å². The van der Waals surface area contributed by atoms with Gasteiger partial charge in [-0.05, 0) is 210 Å². The van der Waals surface area contributed by atoms with Crippen molar-refractivity contribution in [3.8, 4) is 28.4 Å². The van der Waals surface area contributed by atoms with Crippen molar-refractivity contribution < 1.29 is 0 Å². The topological polar surface area (TPSA) is 34.5 Å². The fraction of sp³-hybridized carbons (Fsp3) is 0.0667. The molecule has 21 aromatic carbocycles. The second-order valence-corrected chi connectivity index (χ2v) is 36.4. The smallest absolute Gasteiger partial charge is 0.0570 e. The van der Waals surface area contributed by atoms with Crippen molar-refractivity contribution in [1.29, 1.82) is 0 Å². The molecule has 0 aliphatic rings. The predicted molar refractivity (Wildman–Crippen MR) is 611 cm³/mol. The van der Waals surface area contributed by atoms with E-state index in [9.17, 15) is 0 Å². The molecule has 7 nitrogen and oxygen atoms in total. The molecule has 28 aromatic rings. The van der Waals surface area contributed by atoms with E-state index in [0.717, 1.165) is 0 Å². The Morgan fingerprint density at radius 2 is 0.345 bits per heavy atom. The number of nitrogens with zero attached hydrogens (tertiary/aromatic N) is 7. The zero-order chi connectivity index (χ0) is 96.9. The molecule has 0 saturated heterocycles. The summed E-state index contributed by atoms with van der Waals surface area (Å²) in [7, 11) is 4.23. The Balaban J connectivity index is 0.0000000994. The van der Waals surface area contributed by atoms with Crippen LogP contribution in [0.5, 0.6) is 0 Å². The Bertz CT molecular complexity index is 8750. The van der Waals surface area contributed by atoms with Crippen molar-refractivity contribution in [2.45, 2.75) is 48.5 Å². The minimum absolute atomic E-state index is 1.21. The molecule has 0 amide bonds. The molecule has 28 rings (SSSR count). The van der Waals surface area contributed by atoms with Gasteiger partial charge in [-0.3, -0.25) is 0 Å². The third kappa shape index (κ3) is 18.8. The first-order valence-corrected chi connectivity index (χ1v) is 48.9. The lowest BCUT2D eigenvalue weighted by Crippen LogP contribution is -1.94. The van der Waals surface area contributed by atoms with Crippen molar-refractivity contribution in [3.05, 3.63) is 561 Å². The van der Waals surface area contributed by atoms with Gasteiger partial charge in [0, 0.05) is 140 Å². The van der Waals surface area contributed by atoms with Crippen molar-refractivity contribution in [2.75, 3.05) is 0 Å². The van der Waals surface area contributed by atoms with Crippen molar-refractivity contribution in [3.63, 3.8) is 0 Å². The molecular formula is C135H113N7. The molecule has 7 aromatic heterocycles. The molecule has 7 heterocycles. The van der Waals surface area contributed by atoms with Gasteiger partial charge < -0.3 is 32.0 Å². The van der Waals surface area contributed by atoms with Gasteiger partial charge in [0.2, 0.25) is 0 Å². The summed E-state index contributed by atoms with van der Waals surface area (Å²) >= 11 is 0. The van der Waals surface area contributed by atoms with Gasteiger partial charge in [-0.2, -0.15) is 0 Å². The van der Waals surface area contributed by atoms with E-state index >= 15 is 0 Å². The highest BCUT2D eigenvalue weighted by molar-refractivity contribution is 6.15. The van der Waals surface area contributed by atoms with Gasteiger partial charge >= 0.3 is 0 Å².